The Morgan fingerprint density at radius 1 is 1.18 bits per heavy atom. The maximum absolute atomic E-state index is 11.7. The number of hydrogen-bond donors (Lipinski definition) is 0. The molecule has 0 aliphatic carbocycles. The van der Waals surface area contributed by atoms with Crippen molar-refractivity contribution in [1.82, 2.24) is 0 Å². The third-order valence-electron chi connectivity index (χ3n) is 1.96. The largest absolute Gasteiger partial charge is 0.493 e. The first-order valence-corrected chi connectivity index (χ1v) is 5.31. The summed E-state index contributed by atoms with van der Waals surface area (Å²) in [4.78, 5) is 0. The molecule has 0 atom stereocenters. The van der Waals surface area contributed by atoms with Gasteiger partial charge in [-0.1, -0.05) is 12.1 Å². The van der Waals surface area contributed by atoms with E-state index < -0.39 is 12.8 Å². The molecule has 0 radical (unpaired) electrons. The van der Waals surface area contributed by atoms with Crippen LogP contribution in [0.4, 0.5) is 13.2 Å². The normalized spacial score (nSPS) is 11.5. The fourth-order valence-electron chi connectivity index (χ4n) is 1.24. The maximum Gasteiger partial charge on any atom is 0.411 e. The summed E-state index contributed by atoms with van der Waals surface area (Å²) in [5.74, 6) is 0.723. The molecule has 0 aliphatic heterocycles. The van der Waals surface area contributed by atoms with Gasteiger partial charge in [0, 0.05) is 6.42 Å². The minimum atomic E-state index is -4.25. The maximum atomic E-state index is 11.7. The lowest BCUT2D eigenvalue weighted by Gasteiger charge is -2.09. The number of hydrogen-bond acceptors (Lipinski definition) is 2. The molecule has 96 valence electrons. The monoisotopic (exact) mass is 248 g/mol. The highest BCUT2D eigenvalue weighted by atomic mass is 19.4. The fraction of sp³-hybridized carbons (Fsp3) is 0.500. The van der Waals surface area contributed by atoms with Crippen molar-refractivity contribution < 1.29 is 22.6 Å². The number of benzene rings is 1. The molecular weight excluding hydrogens is 233 g/mol. The second kappa shape index (κ2) is 6.49. The number of halogens is 3. The van der Waals surface area contributed by atoms with Crippen molar-refractivity contribution in [2.24, 2.45) is 0 Å². The Morgan fingerprint density at radius 3 is 2.59 bits per heavy atom. The van der Waals surface area contributed by atoms with Crippen molar-refractivity contribution in [1.29, 1.82) is 0 Å². The minimum Gasteiger partial charge on any atom is -0.493 e. The molecular formula is C12H15F3O2. The van der Waals surface area contributed by atoms with Gasteiger partial charge in [-0.15, -0.1) is 0 Å². The molecule has 5 heteroatoms. The van der Waals surface area contributed by atoms with Gasteiger partial charge in [0.2, 0.25) is 0 Å². The van der Waals surface area contributed by atoms with Crippen molar-refractivity contribution in [3.63, 3.8) is 0 Å². The average Bonchev–Trinajstić information content (AvgIpc) is 2.22. The van der Waals surface area contributed by atoms with Crippen LogP contribution in [-0.4, -0.2) is 26.0 Å². The molecule has 1 aromatic carbocycles. The molecule has 0 fully saturated rings. The number of aryl methyl sites for hydroxylation is 1. The van der Waals surface area contributed by atoms with Crippen LogP contribution < -0.4 is 4.74 Å². The van der Waals surface area contributed by atoms with Crippen LogP contribution in [0.2, 0.25) is 0 Å². The topological polar surface area (TPSA) is 18.5 Å². The van der Waals surface area contributed by atoms with Crippen LogP contribution in [0.3, 0.4) is 0 Å². The van der Waals surface area contributed by atoms with E-state index in [2.05, 4.69) is 4.74 Å². The minimum absolute atomic E-state index is 0.0470. The van der Waals surface area contributed by atoms with Crippen molar-refractivity contribution in [3.05, 3.63) is 29.8 Å². The highest BCUT2D eigenvalue weighted by Gasteiger charge is 2.27. The van der Waals surface area contributed by atoms with Gasteiger partial charge in [0.1, 0.15) is 12.4 Å². The van der Waals surface area contributed by atoms with Crippen molar-refractivity contribution >= 4 is 0 Å². The summed E-state index contributed by atoms with van der Waals surface area (Å²) in [7, 11) is 0. The fourth-order valence-corrected chi connectivity index (χ4v) is 1.24. The van der Waals surface area contributed by atoms with E-state index in [1.165, 1.54) is 0 Å². The summed E-state index contributed by atoms with van der Waals surface area (Å²) in [5, 5.41) is 0. The molecule has 0 heterocycles. The van der Waals surface area contributed by atoms with E-state index in [9.17, 15) is 13.2 Å². The van der Waals surface area contributed by atoms with Crippen LogP contribution in [0, 0.1) is 6.92 Å². The summed E-state index contributed by atoms with van der Waals surface area (Å²) < 4.78 is 45.0. The molecule has 0 spiro atoms. The van der Waals surface area contributed by atoms with Gasteiger partial charge < -0.3 is 9.47 Å². The Kier molecular flexibility index (Phi) is 5.28. The summed E-state index contributed by atoms with van der Waals surface area (Å²) in [6.07, 6.45) is -3.82. The van der Waals surface area contributed by atoms with Crippen LogP contribution >= 0.6 is 0 Å². The summed E-state index contributed by atoms with van der Waals surface area (Å²) in [6.45, 7) is 1.14. The van der Waals surface area contributed by atoms with Gasteiger partial charge in [-0.2, -0.15) is 13.2 Å². The second-order valence-corrected chi connectivity index (χ2v) is 3.69. The highest BCUT2D eigenvalue weighted by Crippen LogP contribution is 2.15. The quantitative estimate of drug-likeness (QED) is 0.719. The Morgan fingerprint density at radius 2 is 1.94 bits per heavy atom. The number of ether oxygens (including phenoxy) is 2. The Hall–Kier alpha value is -1.23. The van der Waals surface area contributed by atoms with E-state index in [-0.39, 0.29) is 6.61 Å². The molecule has 0 amide bonds. The van der Waals surface area contributed by atoms with Gasteiger partial charge in [-0.05, 0) is 24.6 Å². The Bertz CT molecular complexity index is 337. The molecule has 1 rings (SSSR count). The number of rotatable bonds is 6. The predicted molar refractivity (Wildman–Crippen MR) is 58.2 cm³/mol. The molecule has 2 nitrogen and oxygen atoms in total. The molecule has 17 heavy (non-hydrogen) atoms. The van der Waals surface area contributed by atoms with Crippen LogP contribution in [0.5, 0.6) is 5.75 Å². The predicted octanol–water partition coefficient (Wildman–Crippen LogP) is 3.34. The van der Waals surface area contributed by atoms with Crippen molar-refractivity contribution in [2.45, 2.75) is 19.5 Å². The van der Waals surface area contributed by atoms with Gasteiger partial charge in [0.05, 0.1) is 13.2 Å². The zero-order valence-electron chi connectivity index (χ0n) is 9.59. The first-order valence-electron chi connectivity index (χ1n) is 5.31. The SMILES string of the molecule is Cc1cccc(OCCCOCC(F)(F)F)c1. The van der Waals surface area contributed by atoms with E-state index in [1.807, 2.05) is 31.2 Å². The molecule has 0 aromatic heterocycles. The van der Waals surface area contributed by atoms with E-state index in [0.717, 1.165) is 11.3 Å². The van der Waals surface area contributed by atoms with Gasteiger partial charge in [0.15, 0.2) is 0 Å². The van der Waals surface area contributed by atoms with Crippen molar-refractivity contribution in [3.8, 4) is 5.75 Å². The van der Waals surface area contributed by atoms with Crippen LogP contribution in [0.25, 0.3) is 0 Å². The van der Waals surface area contributed by atoms with Gasteiger partial charge in [0.25, 0.3) is 0 Å². The van der Waals surface area contributed by atoms with Gasteiger partial charge >= 0.3 is 6.18 Å². The molecule has 0 saturated carbocycles. The van der Waals surface area contributed by atoms with E-state index in [1.54, 1.807) is 0 Å². The summed E-state index contributed by atoms with van der Waals surface area (Å²) in [5.41, 5.74) is 1.08. The van der Waals surface area contributed by atoms with E-state index in [4.69, 9.17) is 4.74 Å². The van der Waals surface area contributed by atoms with Crippen LogP contribution in [0.1, 0.15) is 12.0 Å². The smallest absolute Gasteiger partial charge is 0.411 e. The van der Waals surface area contributed by atoms with E-state index in [0.29, 0.717) is 13.0 Å². The molecule has 0 N–H and O–H groups in total. The number of alkyl halides is 3. The van der Waals surface area contributed by atoms with E-state index >= 15 is 0 Å². The van der Waals surface area contributed by atoms with Crippen LogP contribution in [0.15, 0.2) is 24.3 Å². The molecule has 0 unspecified atom stereocenters. The molecule has 0 saturated heterocycles. The average molecular weight is 248 g/mol. The lowest BCUT2D eigenvalue weighted by atomic mass is 10.2. The van der Waals surface area contributed by atoms with Gasteiger partial charge in [-0.3, -0.25) is 0 Å². The molecule has 0 aliphatic rings. The zero-order valence-corrected chi connectivity index (χ0v) is 9.59. The molecule has 1 aromatic rings. The summed E-state index contributed by atoms with van der Waals surface area (Å²) >= 11 is 0. The standard InChI is InChI=1S/C12H15F3O2/c1-10-4-2-5-11(8-10)17-7-3-6-16-9-12(13,14)15/h2,4-5,8H,3,6-7,9H2,1H3. The van der Waals surface area contributed by atoms with Crippen molar-refractivity contribution in [2.75, 3.05) is 19.8 Å². The first-order chi connectivity index (χ1) is 7.97. The third kappa shape index (κ3) is 6.84. The molecule has 0 bridgehead atoms. The summed E-state index contributed by atoms with van der Waals surface area (Å²) in [6, 6.07) is 7.49. The lowest BCUT2D eigenvalue weighted by molar-refractivity contribution is -0.174. The lowest BCUT2D eigenvalue weighted by Crippen LogP contribution is -2.18. The highest BCUT2D eigenvalue weighted by molar-refractivity contribution is 5.27. The third-order valence-corrected chi connectivity index (χ3v) is 1.96. The Labute approximate surface area is 98.3 Å². The second-order valence-electron chi connectivity index (χ2n) is 3.69. The van der Waals surface area contributed by atoms with Crippen LogP contribution in [-0.2, 0) is 4.74 Å². The zero-order chi connectivity index (χ0) is 12.7. The van der Waals surface area contributed by atoms with Gasteiger partial charge in [-0.25, -0.2) is 0 Å². The Balaban J connectivity index is 2.09. The first kappa shape index (κ1) is 13.8.